The van der Waals surface area contributed by atoms with Crippen molar-refractivity contribution in [1.82, 2.24) is 10.6 Å². The summed E-state index contributed by atoms with van der Waals surface area (Å²) in [5.74, 6) is -3.02. The molecule has 1 heterocycles. The van der Waals surface area contributed by atoms with Gasteiger partial charge in [0.1, 0.15) is 29.7 Å². The van der Waals surface area contributed by atoms with Gasteiger partial charge in [0.15, 0.2) is 0 Å². The van der Waals surface area contributed by atoms with Gasteiger partial charge in [-0.05, 0) is 86.7 Å². The molecule has 4 N–H and O–H groups in total. The topological polar surface area (TPSA) is 170 Å². The number of allylic oxidation sites excluding steroid dienone is 1. The summed E-state index contributed by atoms with van der Waals surface area (Å²) in [6, 6.07) is 39.2. The first-order valence-electron chi connectivity index (χ1n) is 21.7. The van der Waals surface area contributed by atoms with Crippen molar-refractivity contribution in [3.05, 3.63) is 190 Å². The van der Waals surface area contributed by atoms with E-state index in [0.717, 1.165) is 22.3 Å². The van der Waals surface area contributed by atoms with Gasteiger partial charge in [0.25, 0.3) is 5.91 Å². The van der Waals surface area contributed by atoms with E-state index in [1.165, 1.54) is 0 Å². The van der Waals surface area contributed by atoms with Gasteiger partial charge in [-0.1, -0.05) is 115 Å². The number of para-hydroxylation sites is 1. The summed E-state index contributed by atoms with van der Waals surface area (Å²) in [6.45, 7) is 5.02. The molecule has 4 unspecified atom stereocenters. The predicted molar refractivity (Wildman–Crippen MR) is 244 cm³/mol. The Kier molecular flexibility index (Phi) is 14.7. The zero-order valence-corrected chi connectivity index (χ0v) is 36.6. The van der Waals surface area contributed by atoms with Gasteiger partial charge < -0.3 is 39.8 Å². The van der Waals surface area contributed by atoms with Gasteiger partial charge in [0.2, 0.25) is 11.7 Å². The number of fused-ring (bicyclic) bond motifs is 1. The molecule has 5 aromatic rings. The lowest BCUT2D eigenvalue weighted by Crippen LogP contribution is -2.43. The predicted octanol–water partition coefficient (Wildman–Crippen LogP) is 7.72. The molecule has 0 bridgehead atoms. The first-order chi connectivity index (χ1) is 31.3. The molecule has 2 amide bonds. The van der Waals surface area contributed by atoms with E-state index < -0.39 is 59.5 Å². The number of phenolic OH excluding ortho intramolecular Hbond substituents is 1. The van der Waals surface area contributed by atoms with Crippen LogP contribution in [0.25, 0.3) is 6.08 Å². The molecule has 12 heteroatoms. The van der Waals surface area contributed by atoms with Gasteiger partial charge in [0, 0.05) is 41.6 Å². The minimum atomic E-state index is -1.37. The Bertz CT molecular complexity index is 2470. The van der Waals surface area contributed by atoms with Gasteiger partial charge in [0.05, 0.1) is 18.2 Å². The normalized spacial score (nSPS) is 18.2. The molecule has 0 spiro atoms. The second-order valence-corrected chi connectivity index (χ2v) is 17.1. The third kappa shape index (κ3) is 11.8. The van der Waals surface area contributed by atoms with Crippen molar-refractivity contribution in [3.63, 3.8) is 0 Å². The van der Waals surface area contributed by atoms with Crippen LogP contribution in [0.3, 0.4) is 0 Å². The molecule has 7 rings (SSSR count). The monoisotopic (exact) mass is 878 g/mol. The van der Waals surface area contributed by atoms with E-state index in [1.807, 2.05) is 97.1 Å². The Balaban J connectivity index is 1.06. The lowest BCUT2D eigenvalue weighted by Gasteiger charge is -2.31. The molecule has 1 fully saturated rings. The molecule has 12 nitrogen and oxygen atoms in total. The van der Waals surface area contributed by atoms with E-state index >= 15 is 0 Å². The highest BCUT2D eigenvalue weighted by Crippen LogP contribution is 2.47. The zero-order valence-electron chi connectivity index (χ0n) is 36.6. The fourth-order valence-corrected chi connectivity index (χ4v) is 7.81. The molecule has 336 valence electrons. The maximum Gasteiger partial charge on any atom is 0.338 e. The quantitative estimate of drug-likeness (QED) is 0.0721. The Labute approximate surface area is 378 Å². The van der Waals surface area contributed by atoms with Crippen LogP contribution in [0, 0.1) is 0 Å². The van der Waals surface area contributed by atoms with Crippen LogP contribution in [0.1, 0.15) is 88.6 Å². The first-order valence-corrected chi connectivity index (χ1v) is 21.7. The molecule has 1 saturated heterocycles. The van der Waals surface area contributed by atoms with Gasteiger partial charge in [-0.15, -0.1) is 0 Å². The number of amides is 2. The summed E-state index contributed by atoms with van der Waals surface area (Å²) >= 11 is 0. The number of aliphatic hydroxyl groups excluding tert-OH is 1. The molecule has 65 heavy (non-hydrogen) atoms. The largest absolute Gasteiger partial charge is 0.508 e. The van der Waals surface area contributed by atoms with E-state index in [0.29, 0.717) is 28.7 Å². The standard InChI is InChI=1S/C53H54N2O10/c1-52(2,3)64-47(58)29-28-43(34-56)55-50(60)39-18-13-15-36(30-39)33-54-49(59)40-31-45(62-51(61)38-26-24-35(25-27-38)14-12-17-37-16-10-11-23-44(37)57)48-46(32-40)63-53(65-48,41-19-6-4-7-20-41)42-21-8-5-9-22-42/h4-16,18-27,30,32,43,45-46,48,56-57H,17,28-29,31,33-34H2,1-3H3,(H,54,59)(H,55,60). The maximum atomic E-state index is 14.0. The highest BCUT2D eigenvalue weighted by molar-refractivity contribution is 5.95. The Morgan fingerprint density at radius 3 is 2.15 bits per heavy atom. The van der Waals surface area contributed by atoms with Gasteiger partial charge in [-0.25, -0.2) is 4.79 Å². The van der Waals surface area contributed by atoms with Crippen molar-refractivity contribution in [2.45, 2.75) is 88.7 Å². The average molecular weight is 879 g/mol. The van der Waals surface area contributed by atoms with Gasteiger partial charge in [-0.2, -0.15) is 0 Å². The highest BCUT2D eigenvalue weighted by Gasteiger charge is 2.55. The minimum Gasteiger partial charge on any atom is -0.508 e. The second kappa shape index (κ2) is 20.8. The van der Waals surface area contributed by atoms with Crippen LogP contribution in [-0.4, -0.2) is 70.5 Å². The number of carbonyl (C=O) groups excluding carboxylic acids is 4. The molecule has 2 aliphatic rings. The highest BCUT2D eigenvalue weighted by atomic mass is 16.8. The number of hydrogen-bond acceptors (Lipinski definition) is 10. The lowest BCUT2D eigenvalue weighted by atomic mass is 9.91. The van der Waals surface area contributed by atoms with E-state index in [1.54, 1.807) is 75.4 Å². The van der Waals surface area contributed by atoms with Crippen LogP contribution in [0.2, 0.25) is 0 Å². The number of ether oxygens (including phenoxy) is 4. The SMILES string of the molecule is CC(C)(C)OC(=O)CCC(CO)NC(=O)c1cccc(CNC(=O)C2=CC3OC(c4ccccc4)(c4ccccc4)OC3C(OC(=O)c3ccc(C=CCc4ccccc4O)cc3)C2)c1. The maximum absolute atomic E-state index is 14.0. The average Bonchev–Trinajstić information content (AvgIpc) is 3.72. The molecule has 1 aliphatic carbocycles. The number of hydrogen-bond donors (Lipinski definition) is 4. The molecule has 4 atom stereocenters. The van der Waals surface area contributed by atoms with Crippen molar-refractivity contribution < 1.29 is 48.3 Å². The molecule has 5 aromatic carbocycles. The fraction of sp³-hybridized carbons (Fsp3) is 0.283. The third-order valence-electron chi connectivity index (χ3n) is 11.0. The van der Waals surface area contributed by atoms with Crippen molar-refractivity contribution in [3.8, 4) is 5.75 Å². The van der Waals surface area contributed by atoms with Crippen molar-refractivity contribution in [2.24, 2.45) is 0 Å². The molecule has 0 radical (unpaired) electrons. The van der Waals surface area contributed by atoms with Crippen LogP contribution in [-0.2, 0) is 47.3 Å². The van der Waals surface area contributed by atoms with E-state index in [9.17, 15) is 29.4 Å². The van der Waals surface area contributed by atoms with E-state index in [4.69, 9.17) is 18.9 Å². The fourth-order valence-electron chi connectivity index (χ4n) is 7.81. The smallest absolute Gasteiger partial charge is 0.338 e. The van der Waals surface area contributed by atoms with Crippen molar-refractivity contribution in [2.75, 3.05) is 6.61 Å². The van der Waals surface area contributed by atoms with Crippen molar-refractivity contribution in [1.29, 1.82) is 0 Å². The second-order valence-electron chi connectivity index (χ2n) is 17.1. The number of aromatic hydroxyl groups is 1. The summed E-state index contributed by atoms with van der Waals surface area (Å²) in [5, 5.41) is 25.8. The summed E-state index contributed by atoms with van der Waals surface area (Å²) in [4.78, 5) is 53.4. The number of carbonyl (C=O) groups is 4. The zero-order chi connectivity index (χ0) is 46.0. The Hall–Kier alpha value is -6.86. The number of esters is 2. The van der Waals surface area contributed by atoms with Crippen LogP contribution >= 0.6 is 0 Å². The Morgan fingerprint density at radius 1 is 0.815 bits per heavy atom. The molecular weight excluding hydrogens is 825 g/mol. The molecule has 1 aliphatic heterocycles. The lowest BCUT2D eigenvalue weighted by molar-refractivity contribution is -0.157. The molecular formula is C53H54N2O10. The van der Waals surface area contributed by atoms with Crippen LogP contribution in [0.15, 0.2) is 151 Å². The summed E-state index contributed by atoms with van der Waals surface area (Å²) in [6.07, 6.45) is 3.86. The van der Waals surface area contributed by atoms with Crippen LogP contribution < -0.4 is 10.6 Å². The summed E-state index contributed by atoms with van der Waals surface area (Å²) < 4.78 is 25.3. The minimum absolute atomic E-state index is 0.0255. The molecule has 0 saturated carbocycles. The van der Waals surface area contributed by atoms with Crippen LogP contribution in [0.5, 0.6) is 5.75 Å². The molecule has 0 aromatic heterocycles. The number of aliphatic hydroxyl groups is 1. The third-order valence-corrected chi connectivity index (χ3v) is 11.0. The first kappa shape index (κ1) is 46.1. The number of phenols is 1. The van der Waals surface area contributed by atoms with E-state index in [2.05, 4.69) is 10.6 Å². The Morgan fingerprint density at radius 2 is 1.49 bits per heavy atom. The van der Waals surface area contributed by atoms with Gasteiger partial charge in [-0.3, -0.25) is 14.4 Å². The van der Waals surface area contributed by atoms with Crippen molar-refractivity contribution >= 4 is 29.8 Å². The number of rotatable bonds is 16. The summed E-state index contributed by atoms with van der Waals surface area (Å²) in [7, 11) is 0. The van der Waals surface area contributed by atoms with Gasteiger partial charge >= 0.3 is 11.9 Å². The van der Waals surface area contributed by atoms with E-state index in [-0.39, 0.29) is 38.2 Å². The van der Waals surface area contributed by atoms with Crippen LogP contribution in [0.4, 0.5) is 0 Å². The number of nitrogens with one attached hydrogen (secondary N) is 2. The summed E-state index contributed by atoms with van der Waals surface area (Å²) in [5.41, 5.74) is 4.07. The number of benzene rings is 5.